The smallest absolute Gasteiger partial charge is 0.244 e. The number of nitrogens with zero attached hydrogens (tertiary/aromatic N) is 2. The molecule has 0 N–H and O–H groups in total. The summed E-state index contributed by atoms with van der Waals surface area (Å²) >= 11 is 0. The number of carbonyl (C=O) groups excluding carboxylic acids is 1. The average molecular weight is 322 g/mol. The normalized spacial score (nSPS) is 18.9. The van der Waals surface area contributed by atoms with E-state index in [0.717, 1.165) is 25.3 Å². The maximum Gasteiger partial charge on any atom is 0.244 e. The van der Waals surface area contributed by atoms with Gasteiger partial charge in [0.2, 0.25) is 5.91 Å². The van der Waals surface area contributed by atoms with Gasteiger partial charge in [-0.2, -0.15) is 0 Å². The van der Waals surface area contributed by atoms with Crippen molar-refractivity contribution >= 4 is 11.6 Å². The first-order chi connectivity index (χ1) is 11.5. The van der Waals surface area contributed by atoms with E-state index in [1.165, 1.54) is 22.3 Å². The zero-order chi connectivity index (χ0) is 17.3. The Kier molecular flexibility index (Phi) is 4.72. The Bertz CT molecular complexity index is 753. The van der Waals surface area contributed by atoms with Crippen molar-refractivity contribution in [3.8, 4) is 0 Å². The summed E-state index contributed by atoms with van der Waals surface area (Å²) in [6.07, 6.45) is 0. The molecule has 3 rings (SSSR count). The van der Waals surface area contributed by atoms with Crippen molar-refractivity contribution in [2.45, 2.75) is 40.3 Å². The molecule has 1 unspecified atom stereocenters. The quantitative estimate of drug-likeness (QED) is 0.857. The number of piperazine rings is 1. The Morgan fingerprint density at radius 1 is 1.04 bits per heavy atom. The molecule has 1 saturated heterocycles. The van der Waals surface area contributed by atoms with Gasteiger partial charge >= 0.3 is 0 Å². The summed E-state index contributed by atoms with van der Waals surface area (Å²) in [6, 6.07) is 14.6. The van der Waals surface area contributed by atoms with Crippen LogP contribution in [0.15, 0.2) is 42.5 Å². The fourth-order valence-electron chi connectivity index (χ4n) is 3.44. The van der Waals surface area contributed by atoms with Crippen molar-refractivity contribution in [3.05, 3.63) is 64.7 Å². The molecule has 0 aliphatic carbocycles. The molecule has 24 heavy (non-hydrogen) atoms. The first-order valence-corrected chi connectivity index (χ1v) is 8.64. The molecule has 0 bridgehead atoms. The van der Waals surface area contributed by atoms with Crippen molar-refractivity contribution in [1.29, 1.82) is 0 Å². The second kappa shape index (κ2) is 6.78. The number of carbonyl (C=O) groups is 1. The van der Waals surface area contributed by atoms with Gasteiger partial charge in [0.25, 0.3) is 0 Å². The molecule has 0 spiro atoms. The molecule has 1 heterocycles. The largest absolute Gasteiger partial charge is 0.310 e. The monoisotopic (exact) mass is 322 g/mol. The van der Waals surface area contributed by atoms with E-state index in [1.807, 2.05) is 17.9 Å². The second-order valence-electron chi connectivity index (χ2n) is 6.84. The van der Waals surface area contributed by atoms with E-state index in [1.54, 1.807) is 0 Å². The van der Waals surface area contributed by atoms with Crippen LogP contribution < -0.4 is 4.90 Å². The molecular formula is C21H26N2O. The van der Waals surface area contributed by atoms with Crippen molar-refractivity contribution in [3.63, 3.8) is 0 Å². The van der Waals surface area contributed by atoms with Crippen LogP contribution in [0, 0.1) is 20.8 Å². The molecule has 0 radical (unpaired) electrons. The highest BCUT2D eigenvalue weighted by Gasteiger charge is 2.32. The zero-order valence-electron chi connectivity index (χ0n) is 15.0. The van der Waals surface area contributed by atoms with Crippen LogP contribution in [-0.2, 0) is 11.3 Å². The van der Waals surface area contributed by atoms with Crippen molar-refractivity contribution < 1.29 is 4.79 Å². The van der Waals surface area contributed by atoms with E-state index < -0.39 is 0 Å². The number of amides is 1. The molecule has 126 valence electrons. The molecule has 1 aliphatic heterocycles. The van der Waals surface area contributed by atoms with Gasteiger partial charge < -0.3 is 4.90 Å². The van der Waals surface area contributed by atoms with Gasteiger partial charge in [-0.05, 0) is 50.5 Å². The molecule has 0 aromatic heterocycles. The lowest BCUT2D eigenvalue weighted by molar-refractivity contribution is -0.125. The van der Waals surface area contributed by atoms with Gasteiger partial charge in [-0.25, -0.2) is 0 Å². The van der Waals surface area contributed by atoms with Crippen molar-refractivity contribution in [2.75, 3.05) is 18.0 Å². The third-order valence-electron chi connectivity index (χ3n) is 5.12. The summed E-state index contributed by atoms with van der Waals surface area (Å²) < 4.78 is 0. The number of hydrogen-bond donors (Lipinski definition) is 0. The Labute approximate surface area is 144 Å². The molecular weight excluding hydrogens is 296 g/mol. The van der Waals surface area contributed by atoms with Crippen LogP contribution in [0.2, 0.25) is 0 Å². The Balaban J connectivity index is 1.77. The molecule has 2 aromatic rings. The maximum absolute atomic E-state index is 12.9. The van der Waals surface area contributed by atoms with Gasteiger partial charge in [0, 0.05) is 25.3 Å². The van der Waals surface area contributed by atoms with Crippen LogP contribution in [0.25, 0.3) is 0 Å². The van der Waals surface area contributed by atoms with Gasteiger partial charge in [0.05, 0.1) is 6.04 Å². The standard InChI is InChI=1S/C21H26N2O/c1-15-7-5-9-19(13-15)14-22-11-12-23(21(24)18(22)4)20-10-6-8-16(2)17(20)3/h5-10,13,18H,11-12,14H2,1-4H3. The summed E-state index contributed by atoms with van der Waals surface area (Å²) in [5.74, 6) is 0.197. The highest BCUT2D eigenvalue weighted by Crippen LogP contribution is 2.26. The highest BCUT2D eigenvalue weighted by molar-refractivity contribution is 5.98. The fourth-order valence-corrected chi connectivity index (χ4v) is 3.44. The molecule has 1 fully saturated rings. The molecule has 1 amide bonds. The van der Waals surface area contributed by atoms with Crippen LogP contribution in [0.3, 0.4) is 0 Å². The number of anilines is 1. The maximum atomic E-state index is 12.9. The van der Waals surface area contributed by atoms with Crippen molar-refractivity contribution in [1.82, 2.24) is 4.90 Å². The predicted octanol–water partition coefficient (Wildman–Crippen LogP) is 3.85. The van der Waals surface area contributed by atoms with E-state index in [2.05, 4.69) is 62.1 Å². The minimum absolute atomic E-state index is 0.0980. The van der Waals surface area contributed by atoms with Gasteiger partial charge in [-0.3, -0.25) is 9.69 Å². The summed E-state index contributed by atoms with van der Waals surface area (Å²) in [4.78, 5) is 17.2. The summed E-state index contributed by atoms with van der Waals surface area (Å²) in [7, 11) is 0. The molecule has 1 aliphatic rings. The Hall–Kier alpha value is -2.13. The van der Waals surface area contributed by atoms with Gasteiger partial charge in [0.15, 0.2) is 0 Å². The van der Waals surface area contributed by atoms with E-state index in [4.69, 9.17) is 0 Å². The minimum Gasteiger partial charge on any atom is -0.310 e. The molecule has 1 atom stereocenters. The predicted molar refractivity (Wildman–Crippen MR) is 99.3 cm³/mol. The second-order valence-corrected chi connectivity index (χ2v) is 6.84. The fraction of sp³-hybridized carbons (Fsp3) is 0.381. The van der Waals surface area contributed by atoms with E-state index in [9.17, 15) is 4.79 Å². The molecule has 2 aromatic carbocycles. The zero-order valence-corrected chi connectivity index (χ0v) is 15.0. The number of benzene rings is 2. The summed E-state index contributed by atoms with van der Waals surface area (Å²) in [5.41, 5.74) is 6.03. The van der Waals surface area contributed by atoms with Crippen LogP contribution in [0.1, 0.15) is 29.2 Å². The van der Waals surface area contributed by atoms with Crippen LogP contribution in [0.5, 0.6) is 0 Å². The van der Waals surface area contributed by atoms with Crippen LogP contribution >= 0.6 is 0 Å². The van der Waals surface area contributed by atoms with E-state index in [0.29, 0.717) is 0 Å². The molecule has 0 saturated carbocycles. The lowest BCUT2D eigenvalue weighted by atomic mass is 10.0. The number of aryl methyl sites for hydroxylation is 2. The first kappa shape index (κ1) is 16.7. The SMILES string of the molecule is Cc1cccc(CN2CCN(c3cccc(C)c3C)C(=O)C2C)c1. The Morgan fingerprint density at radius 2 is 1.79 bits per heavy atom. The molecule has 3 nitrogen and oxygen atoms in total. The Morgan fingerprint density at radius 3 is 2.54 bits per heavy atom. The lowest BCUT2D eigenvalue weighted by Gasteiger charge is -2.39. The molecule has 3 heteroatoms. The highest BCUT2D eigenvalue weighted by atomic mass is 16.2. The van der Waals surface area contributed by atoms with E-state index >= 15 is 0 Å². The number of rotatable bonds is 3. The van der Waals surface area contributed by atoms with Crippen LogP contribution in [0.4, 0.5) is 5.69 Å². The van der Waals surface area contributed by atoms with Gasteiger partial charge in [0.1, 0.15) is 0 Å². The lowest BCUT2D eigenvalue weighted by Crippen LogP contribution is -2.55. The third-order valence-corrected chi connectivity index (χ3v) is 5.12. The van der Waals surface area contributed by atoms with Gasteiger partial charge in [-0.1, -0.05) is 42.0 Å². The average Bonchev–Trinajstić information content (AvgIpc) is 2.55. The number of hydrogen-bond acceptors (Lipinski definition) is 2. The topological polar surface area (TPSA) is 23.6 Å². The first-order valence-electron chi connectivity index (χ1n) is 8.64. The minimum atomic E-state index is -0.0980. The van der Waals surface area contributed by atoms with E-state index in [-0.39, 0.29) is 11.9 Å². The summed E-state index contributed by atoms with van der Waals surface area (Å²) in [5, 5.41) is 0. The summed E-state index contributed by atoms with van der Waals surface area (Å²) in [6.45, 7) is 10.8. The van der Waals surface area contributed by atoms with Crippen LogP contribution in [-0.4, -0.2) is 29.9 Å². The van der Waals surface area contributed by atoms with Gasteiger partial charge in [-0.15, -0.1) is 0 Å². The van der Waals surface area contributed by atoms with Crippen molar-refractivity contribution in [2.24, 2.45) is 0 Å². The third kappa shape index (κ3) is 3.22.